The van der Waals surface area contributed by atoms with Crippen LogP contribution in [0.3, 0.4) is 0 Å². The second kappa shape index (κ2) is 15.7. The average Bonchev–Trinajstić information content (AvgIpc) is 3.13. The molecule has 0 aliphatic carbocycles. The second-order valence-corrected chi connectivity index (χ2v) is 13.5. The quantitative estimate of drug-likeness (QED) is 0.0889. The van der Waals surface area contributed by atoms with Crippen LogP contribution < -0.4 is 24.3 Å². The Bertz CT molecular complexity index is 1880. The Labute approximate surface area is 306 Å². The number of nitrogens with one attached hydrogen (secondary N) is 1. The molecule has 2 bridgehead atoms. The highest BCUT2D eigenvalue weighted by atomic mass is 35.5. The molecule has 51 heavy (non-hydrogen) atoms. The van der Waals surface area contributed by atoms with Crippen LogP contribution in [0, 0.1) is 11.1 Å². The standard InChI is InChI=1S/C38H39Cl2N3O8/c1-48-26-8-4-23(5-9-26)36(38(46)51-35-21-42-14-12-22(35)13-15-42)41-25-7-10-27(37(44)45)29(17-25)28(18-30-31(39)19-43(47)20-32(30)40)24-6-11-33(49-2)34(16-24)50-3/h4-11,16-17,19-20,22,28,35-36,41H,12-15,18,21H2,1-3H3,(H,44,45)/t28?,35-,36?/m0/s1. The number of ether oxygens (including phenoxy) is 4. The highest BCUT2D eigenvalue weighted by molar-refractivity contribution is 6.35. The number of piperidine rings is 3. The largest absolute Gasteiger partial charge is 0.619 e. The molecule has 0 saturated carbocycles. The number of rotatable bonds is 13. The first-order valence-corrected chi connectivity index (χ1v) is 17.3. The monoisotopic (exact) mass is 735 g/mol. The second-order valence-electron chi connectivity index (χ2n) is 12.7. The zero-order valence-corrected chi connectivity index (χ0v) is 29.9. The van der Waals surface area contributed by atoms with Crippen LogP contribution in [-0.2, 0) is 16.0 Å². The van der Waals surface area contributed by atoms with Crippen molar-refractivity contribution in [2.45, 2.75) is 37.3 Å². The molecule has 3 aliphatic heterocycles. The van der Waals surface area contributed by atoms with Gasteiger partial charge in [-0.15, -0.1) is 0 Å². The van der Waals surface area contributed by atoms with Crippen molar-refractivity contribution in [1.29, 1.82) is 0 Å². The first kappa shape index (κ1) is 36.1. The summed E-state index contributed by atoms with van der Waals surface area (Å²) < 4.78 is 23.1. The molecule has 4 aromatic rings. The molecule has 3 aromatic carbocycles. The number of hydrogen-bond acceptors (Lipinski definition) is 9. The van der Waals surface area contributed by atoms with Gasteiger partial charge in [-0.05, 0) is 97.4 Å². The van der Waals surface area contributed by atoms with E-state index in [9.17, 15) is 19.9 Å². The molecule has 268 valence electrons. The van der Waals surface area contributed by atoms with Gasteiger partial charge in [0, 0.05) is 23.7 Å². The highest BCUT2D eigenvalue weighted by Gasteiger charge is 2.38. The maximum Gasteiger partial charge on any atom is 0.335 e. The van der Waals surface area contributed by atoms with Gasteiger partial charge in [0.05, 0.1) is 26.9 Å². The third kappa shape index (κ3) is 7.96. The molecule has 13 heteroatoms. The van der Waals surface area contributed by atoms with Gasteiger partial charge >= 0.3 is 11.9 Å². The third-order valence-corrected chi connectivity index (χ3v) is 10.4. The van der Waals surface area contributed by atoms with Crippen LogP contribution in [0.15, 0.2) is 73.1 Å². The fourth-order valence-electron chi connectivity index (χ4n) is 7.05. The Balaban J connectivity index is 1.42. The number of carbonyl (C=O) groups excluding carboxylic acids is 1. The predicted octanol–water partition coefficient (Wildman–Crippen LogP) is 6.52. The highest BCUT2D eigenvalue weighted by Crippen LogP contribution is 2.40. The summed E-state index contributed by atoms with van der Waals surface area (Å²) in [5, 5.41) is 26.1. The number of aromatic carboxylic acids is 1. The number of carbonyl (C=O) groups is 2. The number of carboxylic acid groups (broad SMARTS) is 1. The van der Waals surface area contributed by atoms with E-state index in [0.29, 0.717) is 62.4 Å². The number of esters is 1. The third-order valence-electron chi connectivity index (χ3n) is 9.79. The summed E-state index contributed by atoms with van der Waals surface area (Å²) >= 11 is 13.1. The van der Waals surface area contributed by atoms with Crippen LogP contribution in [-0.4, -0.2) is 69.0 Å². The van der Waals surface area contributed by atoms with Crippen molar-refractivity contribution in [3.63, 3.8) is 0 Å². The number of nitrogens with zero attached hydrogens (tertiary/aromatic N) is 2. The normalized spacial score (nSPS) is 19.1. The number of methoxy groups -OCH3 is 3. The molecule has 3 saturated heterocycles. The van der Waals surface area contributed by atoms with Crippen LogP contribution in [0.5, 0.6) is 17.2 Å². The zero-order chi connectivity index (χ0) is 36.2. The topological polar surface area (TPSA) is 134 Å². The minimum Gasteiger partial charge on any atom is -0.619 e. The van der Waals surface area contributed by atoms with E-state index in [1.54, 1.807) is 55.6 Å². The number of hydrogen-bond donors (Lipinski definition) is 2. The molecule has 1 aromatic heterocycles. The SMILES string of the molecule is COc1ccc(C(Nc2ccc(C(=O)O)c(C(Cc3c(Cl)c[n+]([O-])cc3Cl)c3ccc(OC)c(OC)c3)c2)C(=O)O[C@H]2CN3CCC2CC3)cc1. The first-order valence-electron chi connectivity index (χ1n) is 16.6. The maximum absolute atomic E-state index is 14.0. The van der Waals surface area contributed by atoms with Crippen molar-refractivity contribution < 1.29 is 38.4 Å². The molecule has 3 fully saturated rings. The number of benzene rings is 3. The predicted molar refractivity (Wildman–Crippen MR) is 192 cm³/mol. The molecular formula is C38H39Cl2N3O8. The molecule has 3 aliphatic rings. The van der Waals surface area contributed by atoms with E-state index in [0.717, 1.165) is 25.9 Å². The van der Waals surface area contributed by atoms with E-state index in [4.69, 9.17) is 42.1 Å². The lowest BCUT2D eigenvalue weighted by molar-refractivity contribution is -0.605. The lowest BCUT2D eigenvalue weighted by atomic mass is 9.83. The fourth-order valence-corrected chi connectivity index (χ4v) is 7.64. The minimum absolute atomic E-state index is 0.0262. The van der Waals surface area contributed by atoms with Crippen molar-refractivity contribution in [2.75, 3.05) is 46.3 Å². The fraction of sp³-hybridized carbons (Fsp3) is 0.342. The molecule has 2 unspecified atom stereocenters. The van der Waals surface area contributed by atoms with Crippen LogP contribution in [0.2, 0.25) is 10.0 Å². The number of pyridine rings is 1. The van der Waals surface area contributed by atoms with Gasteiger partial charge in [0.2, 0.25) is 0 Å². The average molecular weight is 737 g/mol. The van der Waals surface area contributed by atoms with Gasteiger partial charge in [0.15, 0.2) is 29.9 Å². The van der Waals surface area contributed by atoms with E-state index in [-0.39, 0.29) is 28.1 Å². The molecule has 4 heterocycles. The minimum atomic E-state index is -1.15. The van der Waals surface area contributed by atoms with Crippen LogP contribution in [0.25, 0.3) is 0 Å². The first-order chi connectivity index (χ1) is 24.6. The molecule has 11 nitrogen and oxygen atoms in total. The van der Waals surface area contributed by atoms with Crippen molar-refractivity contribution in [1.82, 2.24) is 4.90 Å². The van der Waals surface area contributed by atoms with Gasteiger partial charge in [-0.2, -0.15) is 4.73 Å². The van der Waals surface area contributed by atoms with Gasteiger partial charge in [0.25, 0.3) is 0 Å². The summed E-state index contributed by atoms with van der Waals surface area (Å²) in [5.74, 6) is -0.383. The van der Waals surface area contributed by atoms with Gasteiger partial charge in [-0.1, -0.05) is 41.4 Å². The van der Waals surface area contributed by atoms with Gasteiger partial charge in [-0.25, -0.2) is 9.59 Å². The lowest BCUT2D eigenvalue weighted by Gasteiger charge is -2.44. The zero-order valence-electron chi connectivity index (χ0n) is 28.4. The Morgan fingerprint density at radius 1 is 0.922 bits per heavy atom. The van der Waals surface area contributed by atoms with Gasteiger partial charge in [0.1, 0.15) is 21.9 Å². The molecular weight excluding hydrogens is 697 g/mol. The van der Waals surface area contributed by atoms with E-state index in [2.05, 4.69) is 10.2 Å². The summed E-state index contributed by atoms with van der Waals surface area (Å²) in [4.78, 5) is 29.1. The van der Waals surface area contributed by atoms with Crippen molar-refractivity contribution in [2.24, 2.45) is 5.92 Å². The number of aromatic nitrogens is 1. The summed E-state index contributed by atoms with van der Waals surface area (Å²) in [6.07, 6.45) is 4.28. The van der Waals surface area contributed by atoms with E-state index in [1.165, 1.54) is 32.7 Å². The van der Waals surface area contributed by atoms with Crippen LogP contribution >= 0.6 is 23.2 Å². The van der Waals surface area contributed by atoms with Gasteiger partial charge < -0.3 is 34.6 Å². The Hall–Kier alpha value is -4.71. The Morgan fingerprint density at radius 2 is 1.59 bits per heavy atom. The molecule has 0 spiro atoms. The molecule has 0 amide bonds. The summed E-state index contributed by atoms with van der Waals surface area (Å²) in [7, 11) is 4.60. The van der Waals surface area contributed by atoms with Crippen LogP contribution in [0.4, 0.5) is 5.69 Å². The smallest absolute Gasteiger partial charge is 0.335 e. The number of halogens is 2. The Kier molecular flexibility index (Phi) is 11.1. The molecule has 3 atom stereocenters. The van der Waals surface area contributed by atoms with Crippen molar-refractivity contribution >= 4 is 40.8 Å². The molecule has 2 N–H and O–H groups in total. The number of carboxylic acids is 1. The van der Waals surface area contributed by atoms with Crippen molar-refractivity contribution in [3.05, 3.63) is 116 Å². The van der Waals surface area contributed by atoms with E-state index >= 15 is 0 Å². The molecule has 0 radical (unpaired) electrons. The lowest BCUT2D eigenvalue weighted by Crippen LogP contribution is -2.52. The van der Waals surface area contributed by atoms with Crippen LogP contribution in [0.1, 0.15) is 57.4 Å². The molecule has 7 rings (SSSR count). The van der Waals surface area contributed by atoms with E-state index in [1.807, 2.05) is 6.07 Å². The van der Waals surface area contributed by atoms with E-state index < -0.39 is 23.9 Å². The number of fused-ring (bicyclic) bond motifs is 3. The van der Waals surface area contributed by atoms with Crippen molar-refractivity contribution in [3.8, 4) is 17.2 Å². The summed E-state index contributed by atoms with van der Waals surface area (Å²) in [6, 6.07) is 16.4. The number of anilines is 1. The summed E-state index contributed by atoms with van der Waals surface area (Å²) in [6.45, 7) is 2.72. The Morgan fingerprint density at radius 3 is 2.18 bits per heavy atom. The maximum atomic E-state index is 14.0. The van der Waals surface area contributed by atoms with Gasteiger partial charge in [-0.3, -0.25) is 4.90 Å². The summed E-state index contributed by atoms with van der Waals surface area (Å²) in [5.41, 5.74) is 2.69.